The molecule has 9 unspecified atom stereocenters. The number of aliphatic hydroxyl groups is 2. The number of anilines is 1. The minimum absolute atomic E-state index is 0.0586. The van der Waals surface area contributed by atoms with E-state index in [0.717, 1.165) is 25.7 Å². The van der Waals surface area contributed by atoms with E-state index in [1.807, 2.05) is 5.01 Å². The number of amides is 1. The Morgan fingerprint density at radius 3 is 2.16 bits per heavy atom. The van der Waals surface area contributed by atoms with Gasteiger partial charge in [0.25, 0.3) is 11.7 Å². The summed E-state index contributed by atoms with van der Waals surface area (Å²) in [6.45, 7) is 17.9. The molecular formula is C46H65N3O12. The fourth-order valence-corrected chi connectivity index (χ4v) is 7.92. The number of phenolic OH excluding ortho intramolecular Hbond substituents is 3. The van der Waals surface area contributed by atoms with Crippen molar-refractivity contribution in [2.24, 2.45) is 28.8 Å². The van der Waals surface area contributed by atoms with Gasteiger partial charge in [-0.25, -0.2) is 0 Å². The van der Waals surface area contributed by atoms with Crippen molar-refractivity contribution < 1.29 is 58.9 Å². The molecule has 0 aromatic heterocycles. The summed E-state index contributed by atoms with van der Waals surface area (Å²) in [6, 6.07) is 0. The van der Waals surface area contributed by atoms with E-state index in [1.165, 1.54) is 59.4 Å². The fraction of sp³-hybridized carbons (Fsp3) is 0.565. The van der Waals surface area contributed by atoms with Crippen LogP contribution in [0.5, 0.6) is 23.0 Å². The molecule has 5 bridgehead atoms. The molecule has 9 atom stereocenters. The molecule has 0 fully saturated rings. The van der Waals surface area contributed by atoms with Crippen molar-refractivity contribution in [1.82, 2.24) is 5.01 Å². The van der Waals surface area contributed by atoms with E-state index in [4.69, 9.17) is 18.9 Å². The average Bonchev–Trinajstić information content (AvgIpc) is 3.49. The lowest BCUT2D eigenvalue weighted by Crippen LogP contribution is -2.46. The van der Waals surface area contributed by atoms with Crippen LogP contribution in [0.15, 0.2) is 41.2 Å². The van der Waals surface area contributed by atoms with Crippen LogP contribution in [0.1, 0.15) is 109 Å². The van der Waals surface area contributed by atoms with Crippen molar-refractivity contribution in [2.75, 3.05) is 25.5 Å². The van der Waals surface area contributed by atoms with Crippen LogP contribution in [0.4, 0.5) is 5.69 Å². The molecular weight excluding hydrogens is 787 g/mol. The average molecular weight is 852 g/mol. The van der Waals surface area contributed by atoms with Crippen molar-refractivity contribution in [1.29, 1.82) is 0 Å². The molecule has 15 nitrogen and oxygen atoms in total. The number of nitrogens with one attached hydrogen (secondary N) is 1. The highest BCUT2D eigenvalue weighted by Gasteiger charge is 2.50. The molecule has 0 saturated carbocycles. The summed E-state index contributed by atoms with van der Waals surface area (Å²) in [4.78, 5) is 40.7. The van der Waals surface area contributed by atoms with E-state index in [-0.39, 0.29) is 44.5 Å². The summed E-state index contributed by atoms with van der Waals surface area (Å²) < 4.78 is 23.7. The van der Waals surface area contributed by atoms with Gasteiger partial charge in [0.2, 0.25) is 0 Å². The SMILES string of the molecule is CCCCN(CCCC)/N=C\c1c2c(O)c3c(O)c(C)c4c(c3c1O)C(=O)C(C)(O/C=C/C(OC)C(C)C(OC(C)=O)C(C)C(O)C(C)C(O)C(C)/C=C/C=C(\C)C(=O)N2)O4. The zero-order valence-corrected chi connectivity index (χ0v) is 37.3. The number of benzene rings is 2. The predicted octanol–water partition coefficient (Wildman–Crippen LogP) is 6.99. The third kappa shape index (κ3) is 10.3. The summed E-state index contributed by atoms with van der Waals surface area (Å²) in [6.07, 6.45) is 8.39. The van der Waals surface area contributed by atoms with Crippen molar-refractivity contribution in [3.8, 4) is 23.0 Å². The lowest BCUT2D eigenvalue weighted by atomic mass is 9.78. The number of rotatable bonds is 10. The van der Waals surface area contributed by atoms with Crippen LogP contribution >= 0.6 is 0 Å². The molecule has 61 heavy (non-hydrogen) atoms. The van der Waals surface area contributed by atoms with E-state index in [9.17, 15) is 39.9 Å². The zero-order chi connectivity index (χ0) is 45.5. The number of hydrogen-bond donors (Lipinski definition) is 6. The normalized spacial score (nSPS) is 29.5. The minimum Gasteiger partial charge on any atom is -0.507 e. The van der Waals surface area contributed by atoms with Crippen LogP contribution in [-0.2, 0) is 23.8 Å². The molecule has 5 rings (SSSR count). The monoisotopic (exact) mass is 851 g/mol. The molecule has 1 amide bonds. The topological polar surface area (TPSA) is 217 Å². The number of ether oxygens (including phenoxy) is 4. The number of phenols is 3. The first-order valence-electron chi connectivity index (χ1n) is 21.1. The van der Waals surface area contributed by atoms with E-state index in [0.29, 0.717) is 13.1 Å². The number of esters is 1. The molecule has 0 radical (unpaired) electrons. The molecule has 3 aliphatic rings. The molecule has 2 aromatic carbocycles. The highest BCUT2D eigenvalue weighted by atomic mass is 16.7. The number of hydrogen-bond acceptors (Lipinski definition) is 14. The molecule has 3 heterocycles. The molecule has 2 aromatic rings. The van der Waals surface area contributed by atoms with Crippen molar-refractivity contribution in [2.45, 2.75) is 125 Å². The minimum atomic E-state index is -2.05. The standard InChI is InChI=1S/C46H65N3O12/c1-12-14-20-49(21-15-13-2)47-23-31-36-41(55)34-33(40(31)54)35-43(29(8)39(34)53)61-46(10,44(35)56)59-22-19-32(58-11)26(5)42(60-30(9)50)28(7)38(52)27(6)37(51)24(3)17-16-18-25(4)45(57)48-36/h16-19,22-24,26-28,32,37-38,42,51-55H,12-15,20-21H2,1-11H3,(H,48,57)/b17-16+,22-19+,25-18+,47-23-. The van der Waals surface area contributed by atoms with E-state index in [1.54, 1.807) is 39.8 Å². The van der Waals surface area contributed by atoms with Gasteiger partial charge in [-0.1, -0.05) is 72.6 Å². The van der Waals surface area contributed by atoms with Crippen LogP contribution in [0.25, 0.3) is 10.8 Å². The predicted molar refractivity (Wildman–Crippen MR) is 233 cm³/mol. The Morgan fingerprint density at radius 1 is 0.934 bits per heavy atom. The number of methoxy groups -OCH3 is 1. The van der Waals surface area contributed by atoms with Crippen LogP contribution in [-0.4, -0.2) is 105 Å². The fourth-order valence-electron chi connectivity index (χ4n) is 7.92. The van der Waals surface area contributed by atoms with Gasteiger partial charge in [-0.2, -0.15) is 5.10 Å². The van der Waals surface area contributed by atoms with Gasteiger partial charge in [-0.15, -0.1) is 0 Å². The van der Waals surface area contributed by atoms with Gasteiger partial charge in [0.05, 0.1) is 53.0 Å². The second-order valence-electron chi connectivity index (χ2n) is 16.5. The Hall–Kier alpha value is -5.12. The Labute approximate surface area is 358 Å². The Balaban J connectivity index is 1.99. The number of unbranched alkanes of at least 4 members (excludes halogenated alkanes) is 2. The molecule has 0 spiro atoms. The quantitative estimate of drug-likeness (QED) is 0.0468. The number of carbonyl (C=O) groups is 3. The first-order chi connectivity index (χ1) is 28.8. The third-order valence-corrected chi connectivity index (χ3v) is 11.9. The summed E-state index contributed by atoms with van der Waals surface area (Å²) in [5.74, 6) is -8.32. The largest absolute Gasteiger partial charge is 0.507 e. The number of allylic oxidation sites excluding steroid dienone is 2. The van der Waals surface area contributed by atoms with Gasteiger partial charge in [-0.3, -0.25) is 19.4 Å². The number of carbonyl (C=O) groups excluding carboxylic acids is 3. The number of hydrazone groups is 1. The van der Waals surface area contributed by atoms with E-state index < -0.39 is 88.8 Å². The molecule has 3 aliphatic heterocycles. The Morgan fingerprint density at radius 2 is 1.57 bits per heavy atom. The molecule has 0 saturated heterocycles. The van der Waals surface area contributed by atoms with E-state index >= 15 is 0 Å². The second-order valence-corrected chi connectivity index (χ2v) is 16.5. The highest BCUT2D eigenvalue weighted by Crippen LogP contribution is 2.55. The van der Waals surface area contributed by atoms with E-state index in [2.05, 4.69) is 24.3 Å². The van der Waals surface area contributed by atoms with Crippen LogP contribution in [0, 0.1) is 30.6 Å². The molecule has 0 aliphatic carbocycles. The summed E-state index contributed by atoms with van der Waals surface area (Å²) >= 11 is 0. The lowest BCUT2D eigenvalue weighted by molar-refractivity contribution is -0.160. The first kappa shape index (κ1) is 48.5. The molecule has 15 heteroatoms. The number of ketones is 1. The van der Waals surface area contributed by atoms with Gasteiger partial charge < -0.3 is 49.8 Å². The van der Waals surface area contributed by atoms with Gasteiger partial charge in [-0.05, 0) is 32.8 Å². The Bertz CT molecular complexity index is 2050. The van der Waals surface area contributed by atoms with Gasteiger partial charge in [0.15, 0.2) is 5.75 Å². The summed E-state index contributed by atoms with van der Waals surface area (Å²) in [5, 5.41) is 67.3. The number of aliphatic hydroxyl groups excluding tert-OH is 2. The van der Waals surface area contributed by atoms with Gasteiger partial charge in [0, 0.05) is 74.2 Å². The maximum atomic E-state index is 14.5. The van der Waals surface area contributed by atoms with Crippen LogP contribution in [0.2, 0.25) is 0 Å². The lowest BCUT2D eigenvalue weighted by Gasteiger charge is -2.38. The second kappa shape index (κ2) is 20.6. The van der Waals surface area contributed by atoms with Gasteiger partial charge in [0.1, 0.15) is 23.4 Å². The van der Waals surface area contributed by atoms with Crippen LogP contribution in [0.3, 0.4) is 0 Å². The zero-order valence-electron chi connectivity index (χ0n) is 37.3. The van der Waals surface area contributed by atoms with Crippen LogP contribution < -0.4 is 10.1 Å². The summed E-state index contributed by atoms with van der Waals surface area (Å²) in [7, 11) is 1.44. The maximum absolute atomic E-state index is 14.5. The van der Waals surface area contributed by atoms with Crippen molar-refractivity contribution in [3.63, 3.8) is 0 Å². The smallest absolute Gasteiger partial charge is 0.312 e. The maximum Gasteiger partial charge on any atom is 0.312 e. The Kier molecular flexibility index (Phi) is 16.4. The first-order valence-corrected chi connectivity index (χ1v) is 21.1. The molecule has 6 N–H and O–H groups in total. The van der Waals surface area contributed by atoms with Crippen molar-refractivity contribution in [3.05, 3.63) is 52.8 Å². The highest BCUT2D eigenvalue weighted by molar-refractivity contribution is 6.23. The third-order valence-electron chi connectivity index (χ3n) is 11.9. The number of nitrogens with zero attached hydrogens (tertiary/aromatic N) is 2. The van der Waals surface area contributed by atoms with Crippen molar-refractivity contribution >= 4 is 40.3 Å². The number of aromatic hydroxyl groups is 3. The number of Topliss-reactive ketones (excluding diaryl/α,β-unsaturated/α-hetero) is 1. The molecule has 336 valence electrons. The summed E-state index contributed by atoms with van der Waals surface area (Å²) in [5.41, 5.74) is -0.326. The number of fused-ring (bicyclic) bond motifs is 14. The van der Waals surface area contributed by atoms with Gasteiger partial charge >= 0.3 is 11.8 Å².